The van der Waals surface area contributed by atoms with E-state index < -0.39 is 71.6 Å². The van der Waals surface area contributed by atoms with Crippen molar-refractivity contribution < 1.29 is 49.9 Å². The number of carbonyl (C=O) groups is 3. The summed E-state index contributed by atoms with van der Waals surface area (Å²) in [6.45, 7) is -0.845. The molecule has 3 amide bonds. The van der Waals surface area contributed by atoms with Gasteiger partial charge in [0.05, 0.1) is 17.7 Å². The Morgan fingerprint density at radius 3 is 2.23 bits per heavy atom. The molecule has 2 atom stereocenters. The van der Waals surface area contributed by atoms with Gasteiger partial charge in [-0.1, -0.05) is 18.2 Å². The fourth-order valence-corrected chi connectivity index (χ4v) is 5.38. The molecule has 2 saturated heterocycles. The van der Waals surface area contributed by atoms with Gasteiger partial charge >= 0.3 is 18.4 Å². The Morgan fingerprint density at radius 2 is 1.64 bits per heavy atom. The molecule has 0 aromatic heterocycles. The van der Waals surface area contributed by atoms with E-state index in [9.17, 15) is 45.1 Å². The molecule has 2 aromatic carbocycles. The number of piperazine rings is 1. The van der Waals surface area contributed by atoms with Crippen molar-refractivity contribution in [2.75, 3.05) is 33.7 Å². The van der Waals surface area contributed by atoms with Crippen molar-refractivity contribution in [3.05, 3.63) is 70.5 Å². The maximum atomic E-state index is 14.5. The van der Waals surface area contributed by atoms with Crippen molar-refractivity contribution >= 4 is 17.9 Å². The Labute approximate surface area is 248 Å². The number of ether oxygens (including phenoxy) is 1. The van der Waals surface area contributed by atoms with Crippen molar-refractivity contribution in [1.82, 2.24) is 19.6 Å². The molecule has 2 aromatic rings. The normalized spacial score (nSPS) is 19.5. The third-order valence-corrected chi connectivity index (χ3v) is 7.50. The van der Waals surface area contributed by atoms with Crippen molar-refractivity contribution in [3.8, 4) is 0 Å². The van der Waals surface area contributed by atoms with Gasteiger partial charge in [0, 0.05) is 25.1 Å². The minimum atomic E-state index is -5.08. The summed E-state index contributed by atoms with van der Waals surface area (Å²) in [5, 5.41) is 0. The Bertz CT molecular complexity index is 1350. The van der Waals surface area contributed by atoms with Crippen molar-refractivity contribution in [3.63, 3.8) is 0 Å². The van der Waals surface area contributed by atoms with Gasteiger partial charge in [-0.3, -0.25) is 14.5 Å². The summed E-state index contributed by atoms with van der Waals surface area (Å²) in [6, 6.07) is 5.73. The standard InChI is InChI=1S/C29H31F7N4O4/c1-37(2)10-5-8-23-26(42)38(15-19-6-3-4-7-22(19)30)16-24-39(11-9-25(41)40(23)24)27(43)44-17-18-12-20(28(31,32)33)14-21(13-18)29(34,35)36/h3-4,6-7,12-14,23-24H,5,8-11,15-17H2,1-2H3/t23-,24+/m0/s1. The van der Waals surface area contributed by atoms with E-state index in [4.69, 9.17) is 4.74 Å². The molecule has 0 aliphatic carbocycles. The summed E-state index contributed by atoms with van der Waals surface area (Å²) in [7, 11) is 3.67. The maximum absolute atomic E-state index is 14.5. The first kappa shape index (κ1) is 33.0. The van der Waals surface area contributed by atoms with E-state index in [0.717, 1.165) is 4.90 Å². The molecule has 2 fully saturated rings. The zero-order valence-corrected chi connectivity index (χ0v) is 23.9. The highest BCUT2D eigenvalue weighted by molar-refractivity contribution is 5.90. The molecule has 0 radical (unpaired) electrons. The zero-order chi connectivity index (χ0) is 32.4. The van der Waals surface area contributed by atoms with E-state index in [-0.39, 0.29) is 44.1 Å². The van der Waals surface area contributed by atoms with E-state index in [1.807, 2.05) is 19.0 Å². The van der Waals surface area contributed by atoms with Crippen molar-refractivity contribution in [2.45, 2.75) is 57.0 Å². The molecule has 15 heteroatoms. The van der Waals surface area contributed by atoms with Gasteiger partial charge < -0.3 is 19.4 Å². The molecule has 0 saturated carbocycles. The first-order valence-electron chi connectivity index (χ1n) is 13.8. The molecule has 0 unspecified atom stereocenters. The smallest absolute Gasteiger partial charge is 0.416 e. The molecule has 240 valence electrons. The second kappa shape index (κ2) is 13.0. The second-order valence-corrected chi connectivity index (χ2v) is 11.0. The SMILES string of the molecule is CN(C)CCC[C@H]1C(=O)N(Cc2ccccc2F)C[C@@H]2N(C(=O)OCc3cc(C(F)(F)F)cc(C(F)(F)F)c3)CCC(=O)N21. The quantitative estimate of drug-likeness (QED) is 0.379. The summed E-state index contributed by atoms with van der Waals surface area (Å²) in [5.74, 6) is -1.39. The largest absolute Gasteiger partial charge is 0.444 e. The average Bonchev–Trinajstić information content (AvgIpc) is 2.93. The van der Waals surface area contributed by atoms with E-state index in [2.05, 4.69) is 0 Å². The summed E-state index contributed by atoms with van der Waals surface area (Å²) < 4.78 is 99.4. The van der Waals surface area contributed by atoms with Gasteiger partial charge in [-0.25, -0.2) is 9.18 Å². The highest BCUT2D eigenvalue weighted by atomic mass is 19.4. The molecule has 2 aliphatic heterocycles. The first-order valence-corrected chi connectivity index (χ1v) is 13.8. The van der Waals surface area contributed by atoms with Crippen molar-refractivity contribution in [2.24, 2.45) is 0 Å². The molecule has 0 spiro atoms. The highest BCUT2D eigenvalue weighted by Crippen LogP contribution is 2.37. The van der Waals surface area contributed by atoms with Gasteiger partial charge in [-0.2, -0.15) is 26.3 Å². The number of rotatable bonds is 8. The fourth-order valence-electron chi connectivity index (χ4n) is 5.38. The van der Waals surface area contributed by atoms with Crippen LogP contribution < -0.4 is 0 Å². The van der Waals surface area contributed by atoms with Crippen LogP contribution in [0.3, 0.4) is 0 Å². The third-order valence-electron chi connectivity index (χ3n) is 7.50. The van der Waals surface area contributed by atoms with Crippen molar-refractivity contribution in [1.29, 1.82) is 0 Å². The maximum Gasteiger partial charge on any atom is 0.416 e. The molecule has 0 bridgehead atoms. The van der Waals surface area contributed by atoms with Crippen LogP contribution >= 0.6 is 0 Å². The van der Waals surface area contributed by atoms with Crippen LogP contribution in [0.1, 0.15) is 41.5 Å². The van der Waals surface area contributed by atoms with Crippen LogP contribution in [-0.2, 0) is 39.8 Å². The number of amides is 3. The van der Waals surface area contributed by atoms with E-state index in [1.54, 1.807) is 6.07 Å². The Balaban J connectivity index is 1.59. The molecule has 8 nitrogen and oxygen atoms in total. The highest BCUT2D eigenvalue weighted by Gasteiger charge is 2.49. The number of benzene rings is 2. The number of fused-ring (bicyclic) bond motifs is 1. The number of alkyl halides is 6. The fraction of sp³-hybridized carbons (Fsp3) is 0.483. The van der Waals surface area contributed by atoms with E-state index in [1.165, 1.54) is 28.0 Å². The molecule has 0 N–H and O–H groups in total. The third kappa shape index (κ3) is 7.60. The topological polar surface area (TPSA) is 73.4 Å². The number of hydrogen-bond acceptors (Lipinski definition) is 5. The second-order valence-electron chi connectivity index (χ2n) is 11.0. The number of carbonyl (C=O) groups excluding carboxylic acids is 3. The van der Waals surface area contributed by atoms with E-state index >= 15 is 0 Å². The summed E-state index contributed by atoms with van der Waals surface area (Å²) in [4.78, 5) is 45.6. The number of hydrogen-bond donors (Lipinski definition) is 0. The lowest BCUT2D eigenvalue weighted by Crippen LogP contribution is -2.71. The minimum Gasteiger partial charge on any atom is -0.444 e. The number of nitrogens with zero attached hydrogens (tertiary/aromatic N) is 4. The Kier molecular flexibility index (Phi) is 9.76. The molecule has 2 aliphatic rings. The van der Waals surface area contributed by atoms with Gasteiger partial charge in [-0.05, 0) is 63.3 Å². The molecular weight excluding hydrogens is 601 g/mol. The van der Waals surface area contributed by atoms with Crippen LogP contribution in [-0.4, -0.2) is 83.4 Å². The molecule has 2 heterocycles. The van der Waals surface area contributed by atoms with E-state index in [0.29, 0.717) is 25.1 Å². The van der Waals surface area contributed by atoms with Crippen LogP contribution in [0.15, 0.2) is 42.5 Å². The minimum absolute atomic E-state index is 0.0287. The average molecular weight is 633 g/mol. The first-order chi connectivity index (χ1) is 20.6. The molecule has 4 rings (SSSR count). The zero-order valence-electron chi connectivity index (χ0n) is 23.9. The predicted molar refractivity (Wildman–Crippen MR) is 142 cm³/mol. The lowest BCUT2D eigenvalue weighted by Gasteiger charge is -2.52. The summed E-state index contributed by atoms with van der Waals surface area (Å²) in [6.07, 6.45) is -11.7. The van der Waals surface area contributed by atoms with Crippen LogP contribution in [0.25, 0.3) is 0 Å². The van der Waals surface area contributed by atoms with Crippen LogP contribution in [0.5, 0.6) is 0 Å². The van der Waals surface area contributed by atoms with Crippen LogP contribution in [0.4, 0.5) is 35.5 Å². The van der Waals surface area contributed by atoms with Gasteiger partial charge in [-0.15, -0.1) is 0 Å². The Morgan fingerprint density at radius 1 is 1.00 bits per heavy atom. The Hall–Kier alpha value is -3.88. The van der Waals surface area contributed by atoms with Crippen LogP contribution in [0, 0.1) is 5.82 Å². The lowest BCUT2D eigenvalue weighted by molar-refractivity contribution is -0.169. The molecular formula is C29H31F7N4O4. The predicted octanol–water partition coefficient (Wildman–Crippen LogP) is 5.11. The summed E-state index contributed by atoms with van der Waals surface area (Å²) >= 11 is 0. The van der Waals surface area contributed by atoms with Crippen LogP contribution in [0.2, 0.25) is 0 Å². The summed E-state index contributed by atoms with van der Waals surface area (Å²) in [5.41, 5.74) is -3.43. The monoisotopic (exact) mass is 632 g/mol. The van der Waals surface area contributed by atoms with Gasteiger partial charge in [0.2, 0.25) is 11.8 Å². The molecule has 44 heavy (non-hydrogen) atoms. The lowest BCUT2D eigenvalue weighted by atomic mass is 9.99. The number of halogens is 7. The van der Waals surface area contributed by atoms with Gasteiger partial charge in [0.15, 0.2) is 0 Å². The van der Waals surface area contributed by atoms with Gasteiger partial charge in [0.25, 0.3) is 0 Å². The van der Waals surface area contributed by atoms with Gasteiger partial charge in [0.1, 0.15) is 24.6 Å².